The minimum atomic E-state index is -0.362. The highest BCUT2D eigenvalue weighted by Gasteiger charge is 2.07. The Balaban J connectivity index is 2.27. The monoisotopic (exact) mass is 268 g/mol. The first-order chi connectivity index (χ1) is 9.62. The van der Waals surface area contributed by atoms with Gasteiger partial charge >= 0.3 is 0 Å². The van der Waals surface area contributed by atoms with Gasteiger partial charge in [-0.25, -0.2) is 4.39 Å². The topological polar surface area (TPSA) is 27.0 Å². The average Bonchev–Trinajstić information content (AvgIpc) is 2.44. The second-order valence-corrected chi connectivity index (χ2v) is 4.81. The molecule has 0 saturated heterocycles. The molecule has 0 amide bonds. The Kier molecular flexibility index (Phi) is 4.37. The molecule has 2 aromatic rings. The SMILES string of the molecule is CCN(Cc1cc(F)cc(C#N)c1)c1cccc(C)c1. The second kappa shape index (κ2) is 6.21. The van der Waals surface area contributed by atoms with Gasteiger partial charge in [-0.1, -0.05) is 12.1 Å². The summed E-state index contributed by atoms with van der Waals surface area (Å²) >= 11 is 0. The van der Waals surface area contributed by atoms with Gasteiger partial charge in [0.15, 0.2) is 0 Å². The molecule has 0 fully saturated rings. The summed E-state index contributed by atoms with van der Waals surface area (Å²) in [5.41, 5.74) is 3.47. The number of hydrogen-bond donors (Lipinski definition) is 0. The van der Waals surface area contributed by atoms with E-state index in [-0.39, 0.29) is 5.82 Å². The Hall–Kier alpha value is -2.34. The number of aryl methyl sites for hydroxylation is 1. The fourth-order valence-electron chi connectivity index (χ4n) is 2.24. The van der Waals surface area contributed by atoms with Crippen molar-refractivity contribution in [3.05, 3.63) is 65.0 Å². The van der Waals surface area contributed by atoms with E-state index in [9.17, 15) is 4.39 Å². The normalized spacial score (nSPS) is 10.1. The van der Waals surface area contributed by atoms with Gasteiger partial charge in [-0.15, -0.1) is 0 Å². The summed E-state index contributed by atoms with van der Waals surface area (Å²) in [6.45, 7) is 5.52. The maximum Gasteiger partial charge on any atom is 0.124 e. The number of nitrogens with zero attached hydrogens (tertiary/aromatic N) is 2. The van der Waals surface area contributed by atoms with Gasteiger partial charge in [-0.05, 0) is 55.3 Å². The molecule has 0 aromatic heterocycles. The molecule has 0 spiro atoms. The summed E-state index contributed by atoms with van der Waals surface area (Å²) in [5.74, 6) is -0.362. The zero-order valence-electron chi connectivity index (χ0n) is 11.7. The molecule has 3 heteroatoms. The highest BCUT2D eigenvalue weighted by molar-refractivity contribution is 5.49. The molecular formula is C17H17FN2. The highest BCUT2D eigenvalue weighted by atomic mass is 19.1. The lowest BCUT2D eigenvalue weighted by Gasteiger charge is -2.23. The predicted octanol–water partition coefficient (Wildman–Crippen LogP) is 4.03. The van der Waals surface area contributed by atoms with E-state index in [0.717, 1.165) is 17.8 Å². The van der Waals surface area contributed by atoms with Crippen LogP contribution in [0.15, 0.2) is 42.5 Å². The van der Waals surface area contributed by atoms with E-state index >= 15 is 0 Å². The van der Waals surface area contributed by atoms with Crippen LogP contribution in [0.25, 0.3) is 0 Å². The number of benzene rings is 2. The maximum atomic E-state index is 13.5. The van der Waals surface area contributed by atoms with Crippen LogP contribution in [-0.4, -0.2) is 6.54 Å². The average molecular weight is 268 g/mol. The fourth-order valence-corrected chi connectivity index (χ4v) is 2.24. The molecule has 0 radical (unpaired) electrons. The Morgan fingerprint density at radius 3 is 2.65 bits per heavy atom. The van der Waals surface area contributed by atoms with Crippen LogP contribution < -0.4 is 4.90 Å². The third kappa shape index (κ3) is 3.36. The lowest BCUT2D eigenvalue weighted by Crippen LogP contribution is -2.22. The quantitative estimate of drug-likeness (QED) is 0.837. The van der Waals surface area contributed by atoms with E-state index in [1.165, 1.54) is 17.7 Å². The van der Waals surface area contributed by atoms with Crippen molar-refractivity contribution in [3.63, 3.8) is 0 Å². The first-order valence-electron chi connectivity index (χ1n) is 6.63. The molecule has 0 bridgehead atoms. The van der Waals surface area contributed by atoms with Gasteiger partial charge < -0.3 is 4.90 Å². The Labute approximate surface area is 119 Å². The van der Waals surface area contributed by atoms with Gasteiger partial charge in [-0.3, -0.25) is 0 Å². The van der Waals surface area contributed by atoms with Crippen molar-refractivity contribution >= 4 is 5.69 Å². The number of anilines is 1. The molecule has 0 N–H and O–H groups in total. The standard InChI is InChI=1S/C17H17FN2/c1-3-20(17-6-4-5-13(2)7-17)12-15-8-14(11-19)9-16(18)10-15/h4-10H,3,12H2,1-2H3. The van der Waals surface area contributed by atoms with Crippen molar-refractivity contribution in [2.45, 2.75) is 20.4 Å². The van der Waals surface area contributed by atoms with E-state index in [1.54, 1.807) is 6.07 Å². The van der Waals surface area contributed by atoms with Crippen LogP contribution in [0, 0.1) is 24.1 Å². The molecule has 0 unspecified atom stereocenters. The molecular weight excluding hydrogens is 251 g/mol. The van der Waals surface area contributed by atoms with Crippen molar-refractivity contribution in [2.24, 2.45) is 0 Å². The lowest BCUT2D eigenvalue weighted by molar-refractivity contribution is 0.624. The molecule has 20 heavy (non-hydrogen) atoms. The minimum Gasteiger partial charge on any atom is -0.367 e. The molecule has 2 rings (SSSR count). The summed E-state index contributed by atoms with van der Waals surface area (Å²) in [4.78, 5) is 2.16. The first-order valence-corrected chi connectivity index (χ1v) is 6.63. The van der Waals surface area contributed by atoms with E-state index in [1.807, 2.05) is 31.2 Å². The van der Waals surface area contributed by atoms with Crippen LogP contribution in [0.2, 0.25) is 0 Å². The Bertz CT molecular complexity index is 644. The fraction of sp³-hybridized carbons (Fsp3) is 0.235. The molecule has 0 saturated carbocycles. The molecule has 0 aliphatic heterocycles. The van der Waals surface area contributed by atoms with Gasteiger partial charge in [-0.2, -0.15) is 5.26 Å². The lowest BCUT2D eigenvalue weighted by atomic mass is 10.1. The number of halogens is 1. The molecule has 2 aromatic carbocycles. The van der Waals surface area contributed by atoms with Crippen molar-refractivity contribution in [3.8, 4) is 6.07 Å². The van der Waals surface area contributed by atoms with Crippen molar-refractivity contribution in [1.29, 1.82) is 5.26 Å². The Morgan fingerprint density at radius 1 is 1.20 bits per heavy atom. The molecule has 0 heterocycles. The van der Waals surface area contributed by atoms with E-state index in [0.29, 0.717) is 12.1 Å². The van der Waals surface area contributed by atoms with Gasteiger partial charge in [0.2, 0.25) is 0 Å². The third-order valence-corrected chi connectivity index (χ3v) is 3.21. The van der Waals surface area contributed by atoms with E-state index in [2.05, 4.69) is 17.9 Å². The summed E-state index contributed by atoms with van der Waals surface area (Å²) in [5, 5.41) is 8.90. The highest BCUT2D eigenvalue weighted by Crippen LogP contribution is 2.19. The Morgan fingerprint density at radius 2 is 2.00 bits per heavy atom. The zero-order valence-corrected chi connectivity index (χ0v) is 11.7. The van der Waals surface area contributed by atoms with Crippen LogP contribution in [-0.2, 0) is 6.54 Å². The van der Waals surface area contributed by atoms with Crippen molar-refractivity contribution < 1.29 is 4.39 Å². The smallest absolute Gasteiger partial charge is 0.124 e. The predicted molar refractivity (Wildman–Crippen MR) is 79.0 cm³/mol. The summed E-state index contributed by atoms with van der Waals surface area (Å²) in [6, 6.07) is 14.7. The first kappa shape index (κ1) is 14.1. The van der Waals surface area contributed by atoms with Crippen LogP contribution in [0.3, 0.4) is 0 Å². The van der Waals surface area contributed by atoms with E-state index in [4.69, 9.17) is 5.26 Å². The number of rotatable bonds is 4. The molecule has 0 aliphatic carbocycles. The van der Waals surface area contributed by atoms with Gasteiger partial charge in [0, 0.05) is 18.8 Å². The van der Waals surface area contributed by atoms with Gasteiger partial charge in [0.1, 0.15) is 5.82 Å². The van der Waals surface area contributed by atoms with Crippen LogP contribution in [0.1, 0.15) is 23.6 Å². The van der Waals surface area contributed by atoms with Crippen LogP contribution in [0.5, 0.6) is 0 Å². The minimum absolute atomic E-state index is 0.361. The molecule has 2 nitrogen and oxygen atoms in total. The second-order valence-electron chi connectivity index (χ2n) is 4.81. The number of nitriles is 1. The molecule has 0 atom stereocenters. The summed E-state index contributed by atoms with van der Waals surface area (Å²) in [6.07, 6.45) is 0. The largest absolute Gasteiger partial charge is 0.367 e. The molecule has 0 aliphatic rings. The number of hydrogen-bond acceptors (Lipinski definition) is 2. The summed E-state index contributed by atoms with van der Waals surface area (Å²) < 4.78 is 13.5. The zero-order chi connectivity index (χ0) is 14.5. The summed E-state index contributed by atoms with van der Waals surface area (Å²) in [7, 11) is 0. The van der Waals surface area contributed by atoms with Crippen LogP contribution >= 0.6 is 0 Å². The maximum absolute atomic E-state index is 13.5. The van der Waals surface area contributed by atoms with Gasteiger partial charge in [0.05, 0.1) is 11.6 Å². The third-order valence-electron chi connectivity index (χ3n) is 3.21. The van der Waals surface area contributed by atoms with Crippen molar-refractivity contribution in [2.75, 3.05) is 11.4 Å². The van der Waals surface area contributed by atoms with Crippen molar-refractivity contribution in [1.82, 2.24) is 0 Å². The van der Waals surface area contributed by atoms with Gasteiger partial charge in [0.25, 0.3) is 0 Å². The van der Waals surface area contributed by atoms with Crippen LogP contribution in [0.4, 0.5) is 10.1 Å². The molecule has 102 valence electrons. The van der Waals surface area contributed by atoms with E-state index < -0.39 is 0 Å².